The van der Waals surface area contributed by atoms with Gasteiger partial charge >= 0.3 is 0 Å². The van der Waals surface area contributed by atoms with Crippen LogP contribution in [0.25, 0.3) is 0 Å². The van der Waals surface area contributed by atoms with Gasteiger partial charge in [0.2, 0.25) is 0 Å². The second-order valence-corrected chi connectivity index (χ2v) is 6.17. The number of fused-ring (bicyclic) bond motifs is 1. The zero-order valence-corrected chi connectivity index (χ0v) is 13.4. The molecule has 3 rings (SSSR count). The number of hydrogen-bond donors (Lipinski definition) is 0. The summed E-state index contributed by atoms with van der Waals surface area (Å²) in [5.41, 5.74) is 2.69. The molecule has 1 aromatic carbocycles. The first-order valence-electron chi connectivity index (χ1n) is 8.31. The third-order valence-electron chi connectivity index (χ3n) is 5.09. The van der Waals surface area contributed by atoms with Gasteiger partial charge in [-0.3, -0.25) is 14.5 Å². The molecular weight excluding hydrogens is 274 g/mol. The van der Waals surface area contributed by atoms with Crippen LogP contribution in [0.4, 0.5) is 0 Å². The van der Waals surface area contributed by atoms with Gasteiger partial charge in [-0.05, 0) is 25.7 Å². The average molecular weight is 297 g/mol. The van der Waals surface area contributed by atoms with Gasteiger partial charge in [0.05, 0.1) is 0 Å². The van der Waals surface area contributed by atoms with Crippen molar-refractivity contribution in [3.8, 4) is 0 Å². The Bertz CT molecular complexity index is 592. The van der Waals surface area contributed by atoms with Crippen molar-refractivity contribution in [2.75, 3.05) is 13.1 Å². The molecule has 22 heavy (non-hydrogen) atoms. The number of hydrogen-bond acceptors (Lipinski definition) is 3. The van der Waals surface area contributed by atoms with Gasteiger partial charge in [0, 0.05) is 41.4 Å². The van der Waals surface area contributed by atoms with Crippen LogP contribution in [0.15, 0.2) is 35.4 Å². The molecular formula is C19H23NO2. The molecule has 0 fully saturated rings. The van der Waals surface area contributed by atoms with Crippen molar-refractivity contribution >= 4 is 11.6 Å². The van der Waals surface area contributed by atoms with Crippen molar-refractivity contribution < 1.29 is 9.59 Å². The SMILES string of the molecule is CCC(CC)N1CCC2=C(CC1)C(=O)c1ccccc1C2=O. The summed E-state index contributed by atoms with van der Waals surface area (Å²) in [6.45, 7) is 6.18. The highest BCUT2D eigenvalue weighted by Gasteiger charge is 2.33. The van der Waals surface area contributed by atoms with Crippen LogP contribution in [0.2, 0.25) is 0 Å². The Morgan fingerprint density at radius 1 is 0.909 bits per heavy atom. The van der Waals surface area contributed by atoms with E-state index in [1.807, 2.05) is 12.1 Å². The summed E-state index contributed by atoms with van der Waals surface area (Å²) in [4.78, 5) is 27.9. The fourth-order valence-electron chi connectivity index (χ4n) is 3.80. The number of rotatable bonds is 3. The molecule has 0 saturated heterocycles. The molecule has 0 atom stereocenters. The fraction of sp³-hybridized carbons (Fsp3) is 0.474. The van der Waals surface area contributed by atoms with Crippen LogP contribution < -0.4 is 0 Å². The van der Waals surface area contributed by atoms with Crippen molar-refractivity contribution in [1.82, 2.24) is 4.90 Å². The van der Waals surface area contributed by atoms with Gasteiger partial charge in [-0.1, -0.05) is 38.1 Å². The van der Waals surface area contributed by atoms with E-state index in [1.165, 1.54) is 0 Å². The molecule has 0 spiro atoms. The Labute approximate surface area is 132 Å². The highest BCUT2D eigenvalue weighted by atomic mass is 16.1. The first-order chi connectivity index (χ1) is 10.7. The van der Waals surface area contributed by atoms with E-state index < -0.39 is 0 Å². The van der Waals surface area contributed by atoms with E-state index in [2.05, 4.69) is 18.7 Å². The Balaban J connectivity index is 1.91. The second-order valence-electron chi connectivity index (χ2n) is 6.17. The van der Waals surface area contributed by atoms with Gasteiger partial charge in [0.1, 0.15) is 0 Å². The molecule has 1 aliphatic carbocycles. The lowest BCUT2D eigenvalue weighted by Crippen LogP contribution is -2.35. The van der Waals surface area contributed by atoms with E-state index >= 15 is 0 Å². The maximum absolute atomic E-state index is 12.7. The van der Waals surface area contributed by atoms with Crippen LogP contribution in [0.3, 0.4) is 0 Å². The lowest BCUT2D eigenvalue weighted by atomic mass is 9.82. The van der Waals surface area contributed by atoms with Gasteiger partial charge in [-0.15, -0.1) is 0 Å². The van der Waals surface area contributed by atoms with Gasteiger partial charge in [0.25, 0.3) is 0 Å². The quantitative estimate of drug-likeness (QED) is 0.854. The summed E-state index contributed by atoms with van der Waals surface area (Å²) in [5.74, 6) is 0.133. The lowest BCUT2D eigenvalue weighted by Gasteiger charge is -2.29. The zero-order chi connectivity index (χ0) is 15.7. The first-order valence-corrected chi connectivity index (χ1v) is 8.31. The first kappa shape index (κ1) is 15.2. The third-order valence-corrected chi connectivity index (χ3v) is 5.09. The fourth-order valence-corrected chi connectivity index (χ4v) is 3.80. The molecule has 1 heterocycles. The van der Waals surface area contributed by atoms with E-state index in [9.17, 15) is 9.59 Å². The van der Waals surface area contributed by atoms with E-state index in [1.54, 1.807) is 12.1 Å². The predicted octanol–water partition coefficient (Wildman–Crippen LogP) is 3.65. The summed E-state index contributed by atoms with van der Waals surface area (Å²) >= 11 is 0. The molecule has 1 aliphatic heterocycles. The molecule has 0 N–H and O–H groups in total. The van der Waals surface area contributed by atoms with Gasteiger partial charge in [-0.2, -0.15) is 0 Å². The molecule has 116 valence electrons. The van der Waals surface area contributed by atoms with Crippen LogP contribution in [0.5, 0.6) is 0 Å². The largest absolute Gasteiger partial charge is 0.300 e. The molecule has 0 aromatic heterocycles. The summed E-state index contributed by atoms with van der Waals surface area (Å²) in [7, 11) is 0. The van der Waals surface area contributed by atoms with E-state index in [0.29, 0.717) is 30.0 Å². The van der Waals surface area contributed by atoms with Crippen LogP contribution in [0, 0.1) is 0 Å². The Kier molecular flexibility index (Phi) is 4.25. The number of carbonyl (C=O) groups is 2. The minimum Gasteiger partial charge on any atom is -0.300 e. The monoisotopic (exact) mass is 297 g/mol. The highest BCUT2D eigenvalue weighted by Crippen LogP contribution is 2.32. The average Bonchev–Trinajstić information content (AvgIpc) is 2.77. The maximum atomic E-state index is 12.7. The van der Waals surface area contributed by atoms with Crippen molar-refractivity contribution in [2.45, 2.75) is 45.6 Å². The van der Waals surface area contributed by atoms with Crippen LogP contribution in [-0.4, -0.2) is 35.6 Å². The van der Waals surface area contributed by atoms with Crippen molar-refractivity contribution in [1.29, 1.82) is 0 Å². The molecule has 0 saturated carbocycles. The standard InChI is InChI=1S/C19H23NO2/c1-3-13(4-2)20-11-9-16-17(10-12-20)19(22)15-8-6-5-7-14(15)18(16)21/h5-8,13H,3-4,9-12H2,1-2H3. The van der Waals surface area contributed by atoms with Crippen LogP contribution >= 0.6 is 0 Å². The van der Waals surface area contributed by atoms with Gasteiger partial charge < -0.3 is 0 Å². The third kappa shape index (κ3) is 2.44. The second kappa shape index (κ2) is 6.17. The number of Topliss-reactive ketones (excluding diaryl/α,β-unsaturated/α-hetero) is 2. The molecule has 3 nitrogen and oxygen atoms in total. The topological polar surface area (TPSA) is 37.4 Å². The minimum atomic E-state index is 0.0663. The van der Waals surface area contributed by atoms with Gasteiger partial charge in [0.15, 0.2) is 11.6 Å². The minimum absolute atomic E-state index is 0.0663. The van der Waals surface area contributed by atoms with Crippen molar-refractivity contribution in [3.05, 3.63) is 46.5 Å². The molecule has 1 aromatic rings. The van der Waals surface area contributed by atoms with E-state index in [0.717, 1.165) is 37.1 Å². The summed E-state index contributed by atoms with van der Waals surface area (Å²) in [5, 5.41) is 0. The highest BCUT2D eigenvalue weighted by molar-refractivity contribution is 6.26. The number of carbonyl (C=O) groups excluding carboxylic acids is 2. The smallest absolute Gasteiger partial charge is 0.190 e. The number of ketones is 2. The Hall–Kier alpha value is -1.74. The Morgan fingerprint density at radius 2 is 1.36 bits per heavy atom. The maximum Gasteiger partial charge on any atom is 0.190 e. The molecule has 0 radical (unpaired) electrons. The van der Waals surface area contributed by atoms with E-state index in [4.69, 9.17) is 0 Å². The molecule has 0 amide bonds. The molecule has 0 unspecified atom stereocenters. The van der Waals surface area contributed by atoms with Crippen LogP contribution in [-0.2, 0) is 0 Å². The van der Waals surface area contributed by atoms with Gasteiger partial charge in [-0.25, -0.2) is 0 Å². The zero-order valence-electron chi connectivity index (χ0n) is 13.4. The number of nitrogens with zero attached hydrogens (tertiary/aromatic N) is 1. The summed E-state index contributed by atoms with van der Waals surface area (Å²) < 4.78 is 0. The molecule has 3 heteroatoms. The normalized spacial score (nSPS) is 19.2. The summed E-state index contributed by atoms with van der Waals surface area (Å²) in [6.07, 6.45) is 3.63. The molecule has 0 bridgehead atoms. The van der Waals surface area contributed by atoms with E-state index in [-0.39, 0.29) is 11.6 Å². The van der Waals surface area contributed by atoms with Crippen LogP contribution in [0.1, 0.15) is 60.2 Å². The number of benzene rings is 1. The van der Waals surface area contributed by atoms with Crippen molar-refractivity contribution in [2.24, 2.45) is 0 Å². The predicted molar refractivity (Wildman–Crippen MR) is 87.3 cm³/mol. The Morgan fingerprint density at radius 3 is 1.77 bits per heavy atom. The van der Waals surface area contributed by atoms with Crippen molar-refractivity contribution in [3.63, 3.8) is 0 Å². The summed E-state index contributed by atoms with van der Waals surface area (Å²) in [6, 6.07) is 7.78. The molecule has 2 aliphatic rings. The lowest BCUT2D eigenvalue weighted by molar-refractivity contribution is 0.0970.